The van der Waals surface area contributed by atoms with Gasteiger partial charge < -0.3 is 20.1 Å². The molecule has 4 amide bonds. The number of carbonyl (C=O) groups excluding carboxylic acids is 4. The number of imide groups is 1. The molecule has 0 aromatic heterocycles. The third kappa shape index (κ3) is 5.53. The van der Waals surface area contributed by atoms with E-state index in [2.05, 4.69) is 10.6 Å². The van der Waals surface area contributed by atoms with E-state index in [0.717, 1.165) is 28.6 Å². The van der Waals surface area contributed by atoms with Crippen molar-refractivity contribution < 1.29 is 28.7 Å². The van der Waals surface area contributed by atoms with Crippen LogP contribution in [0, 0.1) is 0 Å². The van der Waals surface area contributed by atoms with Crippen LogP contribution >= 0.6 is 11.8 Å². The molecular formula is C20H23N3O6S. The Morgan fingerprint density at radius 3 is 2.53 bits per heavy atom. The lowest BCUT2D eigenvalue weighted by Gasteiger charge is -2.13. The summed E-state index contributed by atoms with van der Waals surface area (Å²) in [5.74, 6) is 0.347. The summed E-state index contributed by atoms with van der Waals surface area (Å²) >= 11 is 0.851. The number of ether oxygens (including phenoxy) is 2. The van der Waals surface area contributed by atoms with Gasteiger partial charge in [0.1, 0.15) is 0 Å². The highest BCUT2D eigenvalue weighted by Gasteiger charge is 2.34. The van der Waals surface area contributed by atoms with Gasteiger partial charge in [-0.1, -0.05) is 13.0 Å². The molecule has 0 bridgehead atoms. The first kappa shape index (κ1) is 21.7. The SMILES string of the molecule is CCCNC(=O)CCC(=O)NCCN1C(=O)S/C(=C/c2ccc3c(c2)OCO3)C1=O. The highest BCUT2D eigenvalue weighted by molar-refractivity contribution is 8.18. The predicted octanol–water partition coefficient (Wildman–Crippen LogP) is 1.87. The Morgan fingerprint density at radius 1 is 1.10 bits per heavy atom. The molecule has 0 unspecified atom stereocenters. The normalized spacial score (nSPS) is 16.3. The molecule has 1 saturated heterocycles. The molecule has 10 heteroatoms. The van der Waals surface area contributed by atoms with Gasteiger partial charge in [-0.15, -0.1) is 0 Å². The molecule has 0 spiro atoms. The van der Waals surface area contributed by atoms with Crippen LogP contribution in [0.5, 0.6) is 11.5 Å². The second-order valence-electron chi connectivity index (χ2n) is 6.65. The Bertz CT molecular complexity index is 885. The fraction of sp³-hybridized carbons (Fsp3) is 0.400. The highest BCUT2D eigenvalue weighted by Crippen LogP contribution is 2.36. The molecule has 2 aliphatic heterocycles. The van der Waals surface area contributed by atoms with Crippen molar-refractivity contribution in [3.8, 4) is 11.5 Å². The van der Waals surface area contributed by atoms with Crippen LogP contribution in [0.25, 0.3) is 6.08 Å². The third-order valence-corrected chi connectivity index (χ3v) is 5.28. The van der Waals surface area contributed by atoms with Gasteiger partial charge in [0, 0.05) is 32.5 Å². The highest BCUT2D eigenvalue weighted by atomic mass is 32.2. The van der Waals surface area contributed by atoms with Crippen LogP contribution in [-0.2, 0) is 14.4 Å². The summed E-state index contributed by atoms with van der Waals surface area (Å²) in [6, 6.07) is 5.27. The predicted molar refractivity (Wildman–Crippen MR) is 111 cm³/mol. The summed E-state index contributed by atoms with van der Waals surface area (Å²) in [5, 5.41) is 4.94. The van der Waals surface area contributed by atoms with E-state index in [-0.39, 0.29) is 49.8 Å². The van der Waals surface area contributed by atoms with Gasteiger partial charge >= 0.3 is 0 Å². The van der Waals surface area contributed by atoms with Crippen LogP contribution in [0.3, 0.4) is 0 Å². The van der Waals surface area contributed by atoms with Crippen molar-refractivity contribution in [2.75, 3.05) is 26.4 Å². The summed E-state index contributed by atoms with van der Waals surface area (Å²) in [6.07, 6.45) is 2.62. The van der Waals surface area contributed by atoms with Crippen LogP contribution in [0.1, 0.15) is 31.7 Å². The van der Waals surface area contributed by atoms with Crippen LogP contribution in [0.2, 0.25) is 0 Å². The summed E-state index contributed by atoms with van der Waals surface area (Å²) in [4.78, 5) is 49.5. The molecule has 2 N–H and O–H groups in total. The van der Waals surface area contributed by atoms with Gasteiger partial charge in [-0.2, -0.15) is 0 Å². The number of fused-ring (bicyclic) bond motifs is 1. The van der Waals surface area contributed by atoms with Gasteiger partial charge in [0.15, 0.2) is 11.5 Å². The molecule has 160 valence electrons. The topological polar surface area (TPSA) is 114 Å². The Morgan fingerprint density at radius 2 is 1.80 bits per heavy atom. The van der Waals surface area contributed by atoms with Crippen LogP contribution in [-0.4, -0.2) is 54.3 Å². The first-order chi connectivity index (χ1) is 14.5. The lowest BCUT2D eigenvalue weighted by molar-refractivity contribution is -0.126. The van der Waals surface area contributed by atoms with E-state index < -0.39 is 5.91 Å². The average molecular weight is 433 g/mol. The zero-order valence-corrected chi connectivity index (χ0v) is 17.4. The molecule has 0 radical (unpaired) electrons. The van der Waals surface area contributed by atoms with Crippen molar-refractivity contribution in [1.29, 1.82) is 0 Å². The zero-order chi connectivity index (χ0) is 21.5. The van der Waals surface area contributed by atoms with E-state index in [1.54, 1.807) is 24.3 Å². The average Bonchev–Trinajstić information content (AvgIpc) is 3.30. The summed E-state index contributed by atoms with van der Waals surface area (Å²) in [7, 11) is 0. The van der Waals surface area contributed by atoms with Gasteiger partial charge in [0.2, 0.25) is 18.6 Å². The molecule has 0 saturated carbocycles. The quantitative estimate of drug-likeness (QED) is 0.572. The Hall–Kier alpha value is -3.01. The molecule has 30 heavy (non-hydrogen) atoms. The molecular weight excluding hydrogens is 410 g/mol. The molecule has 1 aromatic rings. The molecule has 0 aliphatic carbocycles. The minimum atomic E-state index is -0.407. The molecule has 1 fully saturated rings. The Balaban J connectivity index is 1.47. The fourth-order valence-electron chi connectivity index (χ4n) is 2.82. The van der Waals surface area contributed by atoms with Crippen LogP contribution in [0.15, 0.2) is 23.1 Å². The molecule has 1 aromatic carbocycles. The maximum atomic E-state index is 12.5. The minimum absolute atomic E-state index is 0.0570. The number of thioether (sulfide) groups is 1. The maximum Gasteiger partial charge on any atom is 0.293 e. The molecule has 2 aliphatic rings. The number of nitrogens with zero attached hydrogens (tertiary/aromatic N) is 1. The first-order valence-electron chi connectivity index (χ1n) is 9.66. The summed E-state index contributed by atoms with van der Waals surface area (Å²) < 4.78 is 10.6. The van der Waals surface area contributed by atoms with Crippen LogP contribution in [0.4, 0.5) is 4.79 Å². The van der Waals surface area contributed by atoms with Crippen molar-refractivity contribution in [1.82, 2.24) is 15.5 Å². The van der Waals surface area contributed by atoms with Gasteiger partial charge in [0.25, 0.3) is 11.1 Å². The molecule has 0 atom stereocenters. The van der Waals surface area contributed by atoms with Gasteiger partial charge in [-0.3, -0.25) is 24.1 Å². The lowest BCUT2D eigenvalue weighted by Crippen LogP contribution is -2.37. The van der Waals surface area contributed by atoms with Gasteiger partial charge in [0.05, 0.1) is 4.91 Å². The maximum absolute atomic E-state index is 12.5. The number of rotatable bonds is 9. The molecule has 2 heterocycles. The lowest BCUT2D eigenvalue weighted by atomic mass is 10.2. The Labute approximate surface area is 178 Å². The monoisotopic (exact) mass is 433 g/mol. The number of hydrogen-bond acceptors (Lipinski definition) is 7. The third-order valence-electron chi connectivity index (χ3n) is 4.38. The number of benzene rings is 1. The van der Waals surface area contributed by atoms with Gasteiger partial charge in [-0.05, 0) is 42.0 Å². The largest absolute Gasteiger partial charge is 0.454 e. The van der Waals surface area contributed by atoms with E-state index in [4.69, 9.17) is 9.47 Å². The fourth-order valence-corrected chi connectivity index (χ4v) is 3.69. The van der Waals surface area contributed by atoms with Crippen molar-refractivity contribution in [2.24, 2.45) is 0 Å². The number of amides is 4. The van der Waals surface area contributed by atoms with Crippen molar-refractivity contribution in [3.05, 3.63) is 28.7 Å². The number of nitrogens with one attached hydrogen (secondary N) is 2. The molecule has 9 nitrogen and oxygen atoms in total. The second kappa shape index (κ2) is 10.1. The van der Waals surface area contributed by atoms with Crippen LogP contribution < -0.4 is 20.1 Å². The smallest absolute Gasteiger partial charge is 0.293 e. The van der Waals surface area contributed by atoms with E-state index in [1.807, 2.05) is 6.92 Å². The number of hydrogen-bond donors (Lipinski definition) is 2. The Kier molecular flexibility index (Phi) is 7.34. The van der Waals surface area contributed by atoms with Crippen molar-refractivity contribution in [2.45, 2.75) is 26.2 Å². The summed E-state index contributed by atoms with van der Waals surface area (Å²) in [6.45, 7) is 2.88. The zero-order valence-electron chi connectivity index (χ0n) is 16.6. The van der Waals surface area contributed by atoms with Crippen molar-refractivity contribution >= 4 is 40.8 Å². The first-order valence-corrected chi connectivity index (χ1v) is 10.5. The van der Waals surface area contributed by atoms with E-state index in [9.17, 15) is 19.2 Å². The van der Waals surface area contributed by atoms with E-state index in [0.29, 0.717) is 22.9 Å². The number of carbonyl (C=O) groups is 4. The van der Waals surface area contributed by atoms with Gasteiger partial charge in [-0.25, -0.2) is 0 Å². The van der Waals surface area contributed by atoms with E-state index in [1.165, 1.54) is 0 Å². The summed E-state index contributed by atoms with van der Waals surface area (Å²) in [5.41, 5.74) is 0.722. The minimum Gasteiger partial charge on any atom is -0.454 e. The van der Waals surface area contributed by atoms with E-state index >= 15 is 0 Å². The standard InChI is InChI=1S/C20H23N3O6S/c1-2-7-21-17(24)5-6-18(25)22-8-9-23-19(26)16(30-20(23)27)11-13-3-4-14-15(10-13)29-12-28-14/h3-4,10-11H,2,5-9,12H2,1H3,(H,21,24)(H,22,25)/b16-11+. The molecule has 3 rings (SSSR count). The second-order valence-corrected chi connectivity index (χ2v) is 7.64. The van der Waals surface area contributed by atoms with Crippen molar-refractivity contribution in [3.63, 3.8) is 0 Å².